The fourth-order valence-electron chi connectivity index (χ4n) is 8.53. The van der Waals surface area contributed by atoms with E-state index in [1.165, 1.54) is 77.0 Å². The topological polar surface area (TPSA) is 0 Å². The maximum atomic E-state index is 2.01. The van der Waals surface area contributed by atoms with Crippen molar-refractivity contribution in [1.29, 1.82) is 0 Å². The molecule has 0 amide bonds. The van der Waals surface area contributed by atoms with Crippen LogP contribution in [0.15, 0.2) is 11.1 Å². The van der Waals surface area contributed by atoms with Crippen LogP contribution in [0.2, 0.25) is 0 Å². The minimum absolute atomic E-state index is 0.977. The zero-order valence-electron chi connectivity index (χ0n) is 14.8. The highest BCUT2D eigenvalue weighted by molar-refractivity contribution is 5.56. The molecule has 124 valence electrons. The molecular formula is C24H28. The summed E-state index contributed by atoms with van der Waals surface area (Å²) in [7, 11) is 0. The Kier molecular flexibility index (Phi) is 2.41. The molecule has 8 rings (SSSR count). The second-order valence-electron chi connectivity index (χ2n) is 9.62. The summed E-state index contributed by atoms with van der Waals surface area (Å²) in [6, 6.07) is 0. The van der Waals surface area contributed by atoms with Crippen molar-refractivity contribution >= 4 is 0 Å². The van der Waals surface area contributed by atoms with Gasteiger partial charge < -0.3 is 0 Å². The third-order valence-electron chi connectivity index (χ3n) is 9.23. The molecule has 1 aromatic carbocycles. The third kappa shape index (κ3) is 1.41. The molecular weight excluding hydrogens is 288 g/mol. The van der Waals surface area contributed by atoms with E-state index in [1.807, 2.05) is 44.5 Å². The Morgan fingerprint density at radius 3 is 1.21 bits per heavy atom. The van der Waals surface area contributed by atoms with Gasteiger partial charge in [0.05, 0.1) is 0 Å². The molecule has 0 spiro atoms. The summed E-state index contributed by atoms with van der Waals surface area (Å²) < 4.78 is 0. The number of benzene rings is 1. The van der Waals surface area contributed by atoms with Crippen molar-refractivity contribution in [2.24, 2.45) is 23.7 Å². The summed E-state index contributed by atoms with van der Waals surface area (Å²) in [4.78, 5) is 0. The van der Waals surface area contributed by atoms with Crippen molar-refractivity contribution < 1.29 is 0 Å². The molecule has 0 heteroatoms. The maximum absolute atomic E-state index is 2.01. The molecule has 7 aliphatic rings. The minimum Gasteiger partial charge on any atom is -0.0670 e. The predicted octanol–water partition coefficient (Wildman–Crippen LogP) is 5.13. The van der Waals surface area contributed by atoms with Crippen molar-refractivity contribution in [3.63, 3.8) is 0 Å². The maximum Gasteiger partial charge on any atom is -0.0166 e. The summed E-state index contributed by atoms with van der Waals surface area (Å²) in [6.45, 7) is 0. The van der Waals surface area contributed by atoms with Gasteiger partial charge in [-0.25, -0.2) is 0 Å². The molecule has 0 heterocycles. The largest absolute Gasteiger partial charge is 0.0670 e. The lowest BCUT2D eigenvalue weighted by molar-refractivity contribution is 0.121. The van der Waals surface area contributed by atoms with Crippen LogP contribution in [0.5, 0.6) is 0 Å². The fraction of sp³-hybridized carbons (Fsp3) is 0.667. The molecule has 0 N–H and O–H groups in total. The van der Waals surface area contributed by atoms with Gasteiger partial charge in [0.2, 0.25) is 0 Å². The fourth-order valence-corrected chi connectivity index (χ4v) is 8.53. The van der Waals surface area contributed by atoms with Gasteiger partial charge in [-0.05, 0) is 134 Å². The number of rotatable bonds is 0. The molecule has 0 saturated heterocycles. The average Bonchev–Trinajstić information content (AvgIpc) is 2.46. The van der Waals surface area contributed by atoms with Gasteiger partial charge in [-0.1, -0.05) is 11.1 Å². The van der Waals surface area contributed by atoms with Crippen LogP contribution in [-0.2, 0) is 38.5 Å². The van der Waals surface area contributed by atoms with Gasteiger partial charge in [0.25, 0.3) is 0 Å². The third-order valence-corrected chi connectivity index (χ3v) is 9.23. The van der Waals surface area contributed by atoms with Crippen molar-refractivity contribution in [3.05, 3.63) is 44.5 Å². The first kappa shape index (κ1) is 13.2. The van der Waals surface area contributed by atoms with E-state index >= 15 is 0 Å². The molecule has 24 heavy (non-hydrogen) atoms. The molecule has 4 unspecified atom stereocenters. The molecule has 0 radical (unpaired) electrons. The number of allylic oxidation sites excluding steroid dienone is 2. The highest BCUT2D eigenvalue weighted by Crippen LogP contribution is 2.58. The van der Waals surface area contributed by atoms with Gasteiger partial charge in [-0.2, -0.15) is 0 Å². The Labute approximate surface area is 145 Å². The molecule has 0 nitrogen and oxygen atoms in total. The van der Waals surface area contributed by atoms with E-state index in [9.17, 15) is 0 Å². The number of fused-ring (bicyclic) bond motifs is 6. The Balaban J connectivity index is 1.71. The van der Waals surface area contributed by atoms with Crippen LogP contribution in [0.1, 0.15) is 71.9 Å². The summed E-state index contributed by atoms with van der Waals surface area (Å²) in [5.41, 5.74) is 15.3. The molecule has 7 aliphatic carbocycles. The minimum atomic E-state index is 0.977. The molecule has 0 aliphatic heterocycles. The van der Waals surface area contributed by atoms with E-state index < -0.39 is 0 Å². The lowest BCUT2D eigenvalue weighted by atomic mass is 9.52. The highest BCUT2D eigenvalue weighted by Gasteiger charge is 2.47. The van der Waals surface area contributed by atoms with Crippen LogP contribution in [0.4, 0.5) is 0 Å². The van der Waals surface area contributed by atoms with Crippen LogP contribution >= 0.6 is 0 Å². The van der Waals surface area contributed by atoms with Gasteiger partial charge in [0.1, 0.15) is 0 Å². The number of hydrogen-bond acceptors (Lipinski definition) is 0. The first-order valence-electron chi connectivity index (χ1n) is 10.8. The summed E-state index contributed by atoms with van der Waals surface area (Å²) in [6.07, 6.45) is 17.3. The van der Waals surface area contributed by atoms with E-state index in [-0.39, 0.29) is 0 Å². The second kappa shape index (κ2) is 4.37. The zero-order valence-corrected chi connectivity index (χ0v) is 14.8. The summed E-state index contributed by atoms with van der Waals surface area (Å²) >= 11 is 0. The van der Waals surface area contributed by atoms with E-state index in [0.717, 1.165) is 23.7 Å². The Bertz CT molecular complexity index is 741. The van der Waals surface area contributed by atoms with Crippen LogP contribution in [0.3, 0.4) is 0 Å². The van der Waals surface area contributed by atoms with Crippen LogP contribution in [0.25, 0.3) is 0 Å². The smallest absolute Gasteiger partial charge is 0.0166 e. The molecule has 1 aromatic rings. The van der Waals surface area contributed by atoms with Crippen molar-refractivity contribution in [2.45, 2.75) is 77.0 Å². The van der Waals surface area contributed by atoms with E-state index in [0.29, 0.717) is 0 Å². The second-order valence-corrected chi connectivity index (χ2v) is 9.62. The Morgan fingerprint density at radius 1 is 0.375 bits per heavy atom. The predicted molar refractivity (Wildman–Crippen MR) is 97.4 cm³/mol. The average molecular weight is 316 g/mol. The first-order chi connectivity index (χ1) is 11.9. The SMILES string of the molecule is C1Cc2c3c4c5c6c2CCC2C1=C(CC3)C(CC4)C(CC5)C2CC6. The Hall–Kier alpha value is -1.04. The van der Waals surface area contributed by atoms with E-state index in [4.69, 9.17) is 0 Å². The molecule has 0 fully saturated rings. The highest BCUT2D eigenvalue weighted by atomic mass is 14.5. The van der Waals surface area contributed by atoms with Gasteiger partial charge in [0.15, 0.2) is 0 Å². The van der Waals surface area contributed by atoms with E-state index in [2.05, 4.69) is 0 Å². The molecule has 12 bridgehead atoms. The molecule has 0 aromatic heterocycles. The van der Waals surface area contributed by atoms with Gasteiger partial charge in [-0.3, -0.25) is 0 Å². The van der Waals surface area contributed by atoms with Crippen molar-refractivity contribution in [2.75, 3.05) is 0 Å². The normalized spacial score (nSPS) is 37.5. The molecule has 0 saturated carbocycles. The van der Waals surface area contributed by atoms with Crippen molar-refractivity contribution in [3.8, 4) is 0 Å². The quantitative estimate of drug-likeness (QED) is 0.582. The Morgan fingerprint density at radius 2 is 0.750 bits per heavy atom. The lowest BCUT2D eigenvalue weighted by Crippen LogP contribution is -2.43. The zero-order chi connectivity index (χ0) is 15.4. The monoisotopic (exact) mass is 316 g/mol. The van der Waals surface area contributed by atoms with E-state index in [1.54, 1.807) is 0 Å². The van der Waals surface area contributed by atoms with Crippen LogP contribution in [-0.4, -0.2) is 0 Å². The standard InChI is InChI=1S/C24H28/c1-2-14-17-5-3-15-13(1)16-4-6-18(14)22-10-8-20(16)23-11-12-24(22)21(17)9-7-19(15)23/h13,15-16,19H,1-12H2. The van der Waals surface area contributed by atoms with Gasteiger partial charge in [-0.15, -0.1) is 0 Å². The van der Waals surface area contributed by atoms with Gasteiger partial charge in [0, 0.05) is 0 Å². The number of hydrogen-bond donors (Lipinski definition) is 0. The van der Waals surface area contributed by atoms with Crippen LogP contribution in [0, 0.1) is 23.7 Å². The van der Waals surface area contributed by atoms with Gasteiger partial charge >= 0.3 is 0 Å². The lowest BCUT2D eigenvalue weighted by Gasteiger charge is -2.53. The molecule has 4 atom stereocenters. The summed E-state index contributed by atoms with van der Waals surface area (Å²) in [5, 5.41) is 0. The van der Waals surface area contributed by atoms with Crippen molar-refractivity contribution in [1.82, 2.24) is 0 Å². The first-order valence-corrected chi connectivity index (χ1v) is 10.8. The summed E-state index contributed by atoms with van der Waals surface area (Å²) in [5.74, 6) is 4.03. The van der Waals surface area contributed by atoms with Crippen LogP contribution < -0.4 is 0 Å².